The molecule has 3 aromatic carbocycles. The summed E-state index contributed by atoms with van der Waals surface area (Å²) in [5.41, 5.74) is 1.08. The Morgan fingerprint density at radius 3 is 1.98 bits per heavy atom. The summed E-state index contributed by atoms with van der Waals surface area (Å²) in [7, 11) is -2.28. The van der Waals surface area contributed by atoms with Crippen molar-refractivity contribution in [3.8, 4) is 17.2 Å². The first kappa shape index (κ1) is 30.5. The standard InChI is InChI=1S/C30H37N3O6S/c1-6-28(30(35)31-22(2)3)32(20-23-12-16-25(38-4)17-13-23)29(34)21-33(40(5,36)37)24-14-18-27(19-15-24)39-26-10-8-7-9-11-26/h7-19,22,28H,6,20-21H2,1-5H3,(H,31,35)/t28-/m1/s1. The van der Waals surface area contributed by atoms with Crippen LogP contribution < -0.4 is 19.1 Å². The molecule has 0 radical (unpaired) electrons. The fourth-order valence-electron chi connectivity index (χ4n) is 4.15. The molecule has 10 heteroatoms. The van der Waals surface area contributed by atoms with E-state index in [2.05, 4.69) is 5.32 Å². The maximum Gasteiger partial charge on any atom is 0.244 e. The number of methoxy groups -OCH3 is 1. The lowest BCUT2D eigenvalue weighted by Gasteiger charge is -2.33. The molecule has 0 aliphatic heterocycles. The summed E-state index contributed by atoms with van der Waals surface area (Å²) in [5, 5.41) is 2.88. The summed E-state index contributed by atoms with van der Waals surface area (Å²) in [6, 6.07) is 21.9. The normalized spacial score (nSPS) is 11.9. The predicted molar refractivity (Wildman–Crippen MR) is 156 cm³/mol. The number of hydrogen-bond acceptors (Lipinski definition) is 6. The molecule has 9 nitrogen and oxygen atoms in total. The van der Waals surface area contributed by atoms with Gasteiger partial charge in [0.05, 0.1) is 19.1 Å². The highest BCUT2D eigenvalue weighted by Gasteiger charge is 2.32. The molecular weight excluding hydrogens is 530 g/mol. The van der Waals surface area contributed by atoms with Crippen LogP contribution in [0.25, 0.3) is 0 Å². The first-order valence-electron chi connectivity index (χ1n) is 13.0. The van der Waals surface area contributed by atoms with Gasteiger partial charge in [-0.1, -0.05) is 37.3 Å². The summed E-state index contributed by atoms with van der Waals surface area (Å²) in [6.45, 7) is 5.15. The van der Waals surface area contributed by atoms with Crippen LogP contribution in [0.4, 0.5) is 5.69 Å². The van der Waals surface area contributed by atoms with E-state index in [1.54, 1.807) is 43.5 Å². The van der Waals surface area contributed by atoms with E-state index < -0.39 is 28.5 Å². The molecule has 0 aliphatic carbocycles. The Hall–Kier alpha value is -4.05. The lowest BCUT2D eigenvalue weighted by molar-refractivity contribution is -0.140. The minimum atomic E-state index is -3.84. The SMILES string of the molecule is CC[C@H](C(=O)NC(C)C)N(Cc1ccc(OC)cc1)C(=O)CN(c1ccc(Oc2ccccc2)cc1)S(C)(=O)=O. The molecular formula is C30H37N3O6S. The van der Waals surface area contributed by atoms with Crippen LogP contribution in [0, 0.1) is 0 Å². The van der Waals surface area contributed by atoms with Gasteiger partial charge < -0.3 is 19.7 Å². The second kappa shape index (κ2) is 13.8. The lowest BCUT2D eigenvalue weighted by atomic mass is 10.1. The molecule has 0 saturated carbocycles. The van der Waals surface area contributed by atoms with Gasteiger partial charge in [0.1, 0.15) is 29.8 Å². The van der Waals surface area contributed by atoms with Gasteiger partial charge in [-0.2, -0.15) is 0 Å². The van der Waals surface area contributed by atoms with Crippen LogP contribution in [0.3, 0.4) is 0 Å². The second-order valence-electron chi connectivity index (χ2n) is 9.64. The zero-order chi connectivity index (χ0) is 29.3. The fourth-order valence-corrected chi connectivity index (χ4v) is 5.00. The van der Waals surface area contributed by atoms with Crippen molar-refractivity contribution in [2.75, 3.05) is 24.2 Å². The highest BCUT2D eigenvalue weighted by molar-refractivity contribution is 7.92. The van der Waals surface area contributed by atoms with Crippen LogP contribution in [0.5, 0.6) is 17.2 Å². The van der Waals surface area contributed by atoms with Crippen molar-refractivity contribution >= 4 is 27.5 Å². The largest absolute Gasteiger partial charge is 0.497 e. The Kier molecular flexibility index (Phi) is 10.6. The number of nitrogens with zero attached hydrogens (tertiary/aromatic N) is 2. The number of benzene rings is 3. The number of nitrogens with one attached hydrogen (secondary N) is 1. The van der Waals surface area contributed by atoms with Gasteiger partial charge in [-0.05, 0) is 74.4 Å². The number of sulfonamides is 1. The van der Waals surface area contributed by atoms with Crippen molar-refractivity contribution in [1.82, 2.24) is 10.2 Å². The summed E-state index contributed by atoms with van der Waals surface area (Å²) in [5.74, 6) is 1.02. The van der Waals surface area contributed by atoms with Crippen molar-refractivity contribution in [2.45, 2.75) is 45.8 Å². The molecule has 0 aliphatic rings. The van der Waals surface area contributed by atoms with Crippen LogP contribution in [-0.2, 0) is 26.2 Å². The molecule has 0 heterocycles. The Morgan fingerprint density at radius 2 is 1.45 bits per heavy atom. The monoisotopic (exact) mass is 567 g/mol. The average Bonchev–Trinajstić information content (AvgIpc) is 2.92. The van der Waals surface area contributed by atoms with Gasteiger partial charge in [0.2, 0.25) is 21.8 Å². The number of carbonyl (C=O) groups is 2. The van der Waals surface area contributed by atoms with Crippen LogP contribution in [-0.4, -0.2) is 57.1 Å². The lowest BCUT2D eigenvalue weighted by Crippen LogP contribution is -2.53. The fraction of sp³-hybridized carbons (Fsp3) is 0.333. The predicted octanol–water partition coefficient (Wildman–Crippen LogP) is 4.59. The van der Waals surface area contributed by atoms with E-state index >= 15 is 0 Å². The molecule has 0 fully saturated rings. The number of rotatable bonds is 13. The minimum absolute atomic E-state index is 0.119. The third kappa shape index (κ3) is 8.47. The van der Waals surface area contributed by atoms with Gasteiger partial charge in [-0.25, -0.2) is 8.42 Å². The Labute approximate surface area is 236 Å². The van der Waals surface area contributed by atoms with Crippen molar-refractivity contribution < 1.29 is 27.5 Å². The summed E-state index contributed by atoms with van der Waals surface area (Å²) in [4.78, 5) is 28.3. The molecule has 0 bridgehead atoms. The number of ether oxygens (including phenoxy) is 2. The average molecular weight is 568 g/mol. The minimum Gasteiger partial charge on any atom is -0.497 e. The highest BCUT2D eigenvalue weighted by Crippen LogP contribution is 2.26. The van der Waals surface area contributed by atoms with E-state index in [-0.39, 0.29) is 18.5 Å². The van der Waals surface area contributed by atoms with E-state index in [9.17, 15) is 18.0 Å². The molecule has 1 atom stereocenters. The Bertz CT molecular complexity index is 1360. The zero-order valence-electron chi connectivity index (χ0n) is 23.5. The maximum atomic E-state index is 13.8. The van der Waals surface area contributed by atoms with Crippen LogP contribution in [0.2, 0.25) is 0 Å². The van der Waals surface area contributed by atoms with Crippen molar-refractivity contribution in [1.29, 1.82) is 0 Å². The topological polar surface area (TPSA) is 105 Å². The smallest absolute Gasteiger partial charge is 0.244 e. The van der Waals surface area contributed by atoms with E-state index in [0.717, 1.165) is 16.1 Å². The first-order valence-corrected chi connectivity index (χ1v) is 14.9. The molecule has 0 saturated heterocycles. The van der Waals surface area contributed by atoms with Gasteiger partial charge in [0, 0.05) is 12.6 Å². The first-order chi connectivity index (χ1) is 19.0. The summed E-state index contributed by atoms with van der Waals surface area (Å²) >= 11 is 0. The van der Waals surface area contributed by atoms with Crippen LogP contribution in [0.15, 0.2) is 78.9 Å². The number of amides is 2. The third-order valence-electron chi connectivity index (χ3n) is 6.11. The highest BCUT2D eigenvalue weighted by atomic mass is 32.2. The molecule has 214 valence electrons. The molecule has 1 N–H and O–H groups in total. The third-order valence-corrected chi connectivity index (χ3v) is 7.25. The number of para-hydroxylation sites is 1. The van der Waals surface area contributed by atoms with Crippen molar-refractivity contribution in [2.24, 2.45) is 0 Å². The molecule has 3 aromatic rings. The summed E-state index contributed by atoms with van der Waals surface area (Å²) < 4.78 is 37.8. The number of hydrogen-bond donors (Lipinski definition) is 1. The molecule has 3 rings (SSSR count). The Balaban J connectivity index is 1.89. The quantitative estimate of drug-likeness (QED) is 0.324. The molecule has 2 amide bonds. The number of anilines is 1. The van der Waals surface area contributed by atoms with E-state index in [1.807, 2.05) is 63.2 Å². The van der Waals surface area contributed by atoms with E-state index in [1.165, 1.54) is 4.90 Å². The Morgan fingerprint density at radius 1 is 0.875 bits per heavy atom. The van der Waals surface area contributed by atoms with Crippen molar-refractivity contribution in [3.05, 3.63) is 84.4 Å². The zero-order valence-corrected chi connectivity index (χ0v) is 24.4. The van der Waals surface area contributed by atoms with Crippen molar-refractivity contribution in [3.63, 3.8) is 0 Å². The molecule has 0 unspecified atom stereocenters. The van der Waals surface area contributed by atoms with Gasteiger partial charge in [0.15, 0.2) is 0 Å². The second-order valence-corrected chi connectivity index (χ2v) is 11.5. The van der Waals surface area contributed by atoms with Crippen LogP contribution in [0.1, 0.15) is 32.8 Å². The summed E-state index contributed by atoms with van der Waals surface area (Å²) in [6.07, 6.45) is 1.40. The van der Waals surface area contributed by atoms with Gasteiger partial charge >= 0.3 is 0 Å². The maximum absolute atomic E-state index is 13.8. The number of carbonyl (C=O) groups excluding carboxylic acids is 2. The molecule has 40 heavy (non-hydrogen) atoms. The van der Waals surface area contributed by atoms with Gasteiger partial charge in [-0.3, -0.25) is 13.9 Å². The van der Waals surface area contributed by atoms with E-state index in [4.69, 9.17) is 9.47 Å². The van der Waals surface area contributed by atoms with Gasteiger partial charge in [-0.15, -0.1) is 0 Å². The molecule has 0 aromatic heterocycles. The molecule has 0 spiro atoms. The van der Waals surface area contributed by atoms with E-state index in [0.29, 0.717) is 29.4 Å². The van der Waals surface area contributed by atoms with Crippen LogP contribution >= 0.6 is 0 Å². The van der Waals surface area contributed by atoms with Gasteiger partial charge in [0.25, 0.3) is 0 Å².